The highest BCUT2D eigenvalue weighted by atomic mass is 35.5. The summed E-state index contributed by atoms with van der Waals surface area (Å²) in [5, 5.41) is 16.8. The predicted octanol–water partition coefficient (Wildman–Crippen LogP) is 3.26. The van der Waals surface area contributed by atoms with E-state index < -0.39 is 22.6 Å². The maximum atomic E-state index is 13.4. The molecule has 0 unspecified atom stereocenters. The lowest BCUT2D eigenvalue weighted by Gasteiger charge is -2.05. The quantitative estimate of drug-likeness (QED) is 0.427. The predicted molar refractivity (Wildman–Crippen MR) is 98.1 cm³/mol. The van der Waals surface area contributed by atoms with E-state index in [9.17, 15) is 24.1 Å². The molecule has 2 aromatic rings. The third kappa shape index (κ3) is 6.15. The number of carbonyl (C=O) groups excluding carboxylic acids is 2. The van der Waals surface area contributed by atoms with Crippen molar-refractivity contribution < 1.29 is 18.9 Å². The molecule has 0 spiro atoms. The highest BCUT2D eigenvalue weighted by Gasteiger charge is 2.12. The van der Waals surface area contributed by atoms with Crippen molar-refractivity contribution >= 4 is 41.0 Å². The molecule has 0 heterocycles. The van der Waals surface area contributed by atoms with E-state index in [4.69, 9.17) is 11.6 Å². The number of nitrogens with zero attached hydrogens (tertiary/aromatic N) is 2. The van der Waals surface area contributed by atoms with Crippen LogP contribution >= 0.6 is 11.6 Å². The van der Waals surface area contributed by atoms with Gasteiger partial charge in [-0.25, -0.2) is 9.82 Å². The smallest absolute Gasteiger partial charge is 0.288 e. The normalized spacial score (nSPS) is 10.6. The monoisotopic (exact) mass is 392 g/mol. The van der Waals surface area contributed by atoms with E-state index in [2.05, 4.69) is 15.8 Å². The van der Waals surface area contributed by atoms with Gasteiger partial charge in [0.15, 0.2) is 0 Å². The number of benzene rings is 2. The fraction of sp³-hybridized carbons (Fsp3) is 0.118. The van der Waals surface area contributed by atoms with E-state index in [0.29, 0.717) is 5.56 Å². The molecule has 2 amide bonds. The molecule has 0 saturated carbocycles. The Morgan fingerprint density at radius 2 is 1.89 bits per heavy atom. The highest BCUT2D eigenvalue weighted by molar-refractivity contribution is 6.32. The molecule has 0 radical (unpaired) electrons. The van der Waals surface area contributed by atoms with Crippen LogP contribution in [-0.2, 0) is 9.59 Å². The number of amides is 2. The van der Waals surface area contributed by atoms with Gasteiger partial charge in [-0.1, -0.05) is 29.8 Å². The number of anilines is 1. The van der Waals surface area contributed by atoms with Crippen LogP contribution < -0.4 is 10.7 Å². The number of nitrogens with one attached hydrogen (secondary N) is 2. The number of rotatable bonds is 7. The SMILES string of the molecule is O=C(CCC(=O)Nc1ccccc1F)NN=Cc1ccc(Cl)c([N+](=O)[O-])c1. The van der Waals surface area contributed by atoms with Crippen LogP contribution in [0.25, 0.3) is 0 Å². The standard InChI is InChI=1S/C17H14ClFN4O4/c18-12-6-5-11(9-15(12)23(26)27)10-20-22-17(25)8-7-16(24)21-14-4-2-1-3-13(14)19/h1-6,9-10H,7-8H2,(H,21,24)(H,22,25). The van der Waals surface area contributed by atoms with Crippen LogP contribution in [0.4, 0.5) is 15.8 Å². The van der Waals surface area contributed by atoms with Crippen molar-refractivity contribution in [1.82, 2.24) is 5.43 Å². The third-order valence-electron chi connectivity index (χ3n) is 3.30. The Morgan fingerprint density at radius 1 is 1.19 bits per heavy atom. The van der Waals surface area contributed by atoms with Crippen molar-refractivity contribution in [2.45, 2.75) is 12.8 Å². The molecule has 140 valence electrons. The molecule has 10 heteroatoms. The largest absolute Gasteiger partial charge is 0.324 e. The summed E-state index contributed by atoms with van der Waals surface area (Å²) in [6.07, 6.45) is 0.876. The van der Waals surface area contributed by atoms with E-state index in [-0.39, 0.29) is 29.2 Å². The van der Waals surface area contributed by atoms with Crippen LogP contribution in [0.5, 0.6) is 0 Å². The van der Waals surface area contributed by atoms with Gasteiger partial charge in [-0.05, 0) is 18.2 Å². The minimum absolute atomic E-state index is 0.0120. The first-order valence-corrected chi connectivity index (χ1v) is 8.05. The van der Waals surface area contributed by atoms with Crippen molar-refractivity contribution in [3.8, 4) is 0 Å². The highest BCUT2D eigenvalue weighted by Crippen LogP contribution is 2.24. The molecule has 0 aliphatic carbocycles. The van der Waals surface area contributed by atoms with Crippen LogP contribution in [0.1, 0.15) is 18.4 Å². The molecule has 0 saturated heterocycles. The Hall–Kier alpha value is -3.33. The fourth-order valence-electron chi connectivity index (χ4n) is 1.99. The van der Waals surface area contributed by atoms with Gasteiger partial charge in [0.05, 0.1) is 16.8 Å². The number of hydrazone groups is 1. The van der Waals surface area contributed by atoms with Crippen molar-refractivity contribution in [2.24, 2.45) is 5.10 Å². The molecule has 0 atom stereocenters. The lowest BCUT2D eigenvalue weighted by atomic mass is 10.2. The van der Waals surface area contributed by atoms with Gasteiger partial charge in [0.25, 0.3) is 5.69 Å². The zero-order valence-electron chi connectivity index (χ0n) is 13.8. The van der Waals surface area contributed by atoms with E-state index >= 15 is 0 Å². The molecule has 0 fully saturated rings. The van der Waals surface area contributed by atoms with Crippen LogP contribution in [-0.4, -0.2) is 23.0 Å². The topological polar surface area (TPSA) is 114 Å². The lowest BCUT2D eigenvalue weighted by molar-refractivity contribution is -0.384. The lowest BCUT2D eigenvalue weighted by Crippen LogP contribution is -2.21. The van der Waals surface area contributed by atoms with Gasteiger partial charge in [-0.15, -0.1) is 0 Å². The molecule has 2 rings (SSSR count). The molecule has 0 aromatic heterocycles. The van der Waals surface area contributed by atoms with Gasteiger partial charge in [0, 0.05) is 24.5 Å². The second-order valence-electron chi connectivity index (χ2n) is 5.29. The molecule has 27 heavy (non-hydrogen) atoms. The van der Waals surface area contributed by atoms with Crippen LogP contribution in [0.2, 0.25) is 5.02 Å². The Labute approximate surface area is 158 Å². The van der Waals surface area contributed by atoms with Gasteiger partial charge >= 0.3 is 0 Å². The minimum Gasteiger partial charge on any atom is -0.324 e. The number of para-hydroxylation sites is 1. The summed E-state index contributed by atoms with van der Waals surface area (Å²) in [5.41, 5.74) is 2.32. The van der Waals surface area contributed by atoms with Crippen LogP contribution in [0, 0.1) is 15.9 Å². The maximum absolute atomic E-state index is 13.4. The van der Waals surface area contributed by atoms with Gasteiger partial charge in [0.2, 0.25) is 11.8 Å². The molecule has 0 bridgehead atoms. The van der Waals surface area contributed by atoms with Crippen molar-refractivity contribution in [2.75, 3.05) is 5.32 Å². The Balaban J connectivity index is 1.81. The van der Waals surface area contributed by atoms with Crippen LogP contribution in [0.3, 0.4) is 0 Å². The van der Waals surface area contributed by atoms with E-state index in [1.807, 2.05) is 0 Å². The first-order valence-electron chi connectivity index (χ1n) is 7.67. The molecule has 2 N–H and O–H groups in total. The zero-order valence-corrected chi connectivity index (χ0v) is 14.6. The summed E-state index contributed by atoms with van der Waals surface area (Å²) in [7, 11) is 0. The maximum Gasteiger partial charge on any atom is 0.288 e. The second-order valence-corrected chi connectivity index (χ2v) is 5.70. The van der Waals surface area contributed by atoms with Crippen molar-refractivity contribution in [1.29, 1.82) is 0 Å². The molecular formula is C17H14ClFN4O4. The summed E-state index contributed by atoms with van der Waals surface area (Å²) in [4.78, 5) is 33.6. The zero-order chi connectivity index (χ0) is 19.8. The van der Waals surface area contributed by atoms with Gasteiger partial charge in [-0.3, -0.25) is 19.7 Å². The molecule has 8 nitrogen and oxygen atoms in total. The number of nitro benzene ring substituents is 1. The van der Waals surface area contributed by atoms with Crippen molar-refractivity contribution in [3.63, 3.8) is 0 Å². The third-order valence-corrected chi connectivity index (χ3v) is 3.62. The minimum atomic E-state index is -0.633. The number of nitro groups is 1. The molecular weight excluding hydrogens is 379 g/mol. The fourth-order valence-corrected chi connectivity index (χ4v) is 2.17. The molecule has 2 aromatic carbocycles. The summed E-state index contributed by atoms with van der Waals surface area (Å²) < 4.78 is 13.4. The summed E-state index contributed by atoms with van der Waals surface area (Å²) in [6.45, 7) is 0. The number of hydrogen-bond acceptors (Lipinski definition) is 5. The van der Waals surface area contributed by atoms with Crippen molar-refractivity contribution in [3.05, 3.63) is 69.0 Å². The first-order chi connectivity index (χ1) is 12.9. The van der Waals surface area contributed by atoms with Gasteiger partial charge < -0.3 is 5.32 Å². The number of halogens is 2. The Bertz CT molecular complexity index is 904. The van der Waals surface area contributed by atoms with Gasteiger partial charge in [0.1, 0.15) is 10.8 Å². The average molecular weight is 393 g/mol. The average Bonchev–Trinajstić information content (AvgIpc) is 2.63. The Morgan fingerprint density at radius 3 is 2.59 bits per heavy atom. The van der Waals surface area contributed by atoms with E-state index in [1.165, 1.54) is 42.6 Å². The summed E-state index contributed by atoms with van der Waals surface area (Å²) >= 11 is 5.70. The number of carbonyl (C=O) groups is 2. The van der Waals surface area contributed by atoms with Crippen LogP contribution in [0.15, 0.2) is 47.6 Å². The molecule has 0 aliphatic rings. The molecule has 0 aliphatic heterocycles. The Kier molecular flexibility index (Phi) is 6.95. The summed E-state index contributed by atoms with van der Waals surface area (Å²) in [5.74, 6) is -1.64. The van der Waals surface area contributed by atoms with E-state index in [0.717, 1.165) is 0 Å². The summed E-state index contributed by atoms with van der Waals surface area (Å²) in [6, 6.07) is 9.72. The van der Waals surface area contributed by atoms with Gasteiger partial charge in [-0.2, -0.15) is 5.10 Å². The number of hydrogen-bond donors (Lipinski definition) is 2. The van der Waals surface area contributed by atoms with E-state index in [1.54, 1.807) is 6.07 Å². The second kappa shape index (κ2) is 9.39. The first kappa shape index (κ1) is 20.0.